The quantitative estimate of drug-likeness (QED) is 0.841. The maximum Gasteiger partial charge on any atom is 0.251 e. The van der Waals surface area contributed by atoms with Crippen LogP contribution in [0.3, 0.4) is 0 Å². The minimum absolute atomic E-state index is 0.0919. The first-order chi connectivity index (χ1) is 8.15. The fraction of sp³-hybridized carbons (Fsp3) is 0.455. The molecule has 2 rings (SSSR count). The van der Waals surface area contributed by atoms with Gasteiger partial charge < -0.3 is 5.32 Å². The number of nitrogens with one attached hydrogen (secondary N) is 1. The molecular formula is C11H13BrN2O2S. The molecule has 0 saturated carbocycles. The molecule has 0 radical (unpaired) electrons. The predicted octanol–water partition coefficient (Wildman–Crippen LogP) is 1.48. The summed E-state index contributed by atoms with van der Waals surface area (Å²) in [5.41, 5.74) is 0.596. The largest absolute Gasteiger partial charge is 0.349 e. The molecule has 0 atom stereocenters. The minimum Gasteiger partial charge on any atom is -0.349 e. The van der Waals surface area contributed by atoms with Crippen molar-refractivity contribution < 1.29 is 9.00 Å². The molecule has 17 heavy (non-hydrogen) atoms. The van der Waals surface area contributed by atoms with Crippen LogP contribution in [0.25, 0.3) is 0 Å². The molecule has 1 amide bonds. The van der Waals surface area contributed by atoms with Crippen molar-refractivity contribution in [3.8, 4) is 0 Å². The smallest absolute Gasteiger partial charge is 0.251 e. The van der Waals surface area contributed by atoms with E-state index in [2.05, 4.69) is 26.2 Å². The zero-order valence-electron chi connectivity index (χ0n) is 9.19. The van der Waals surface area contributed by atoms with Crippen LogP contribution in [-0.4, -0.2) is 32.6 Å². The highest BCUT2D eigenvalue weighted by Gasteiger charge is 2.20. The lowest BCUT2D eigenvalue weighted by molar-refractivity contribution is 0.0934. The Hall–Kier alpha value is -0.750. The number of aromatic nitrogens is 1. The minimum atomic E-state index is -0.693. The Balaban J connectivity index is 1.95. The van der Waals surface area contributed by atoms with E-state index >= 15 is 0 Å². The second kappa shape index (κ2) is 5.73. The number of rotatable bonds is 2. The molecule has 6 heteroatoms. The number of nitrogens with zero attached hydrogens (tertiary/aromatic N) is 1. The SMILES string of the molecule is O=C(NC1CCS(=O)CC1)c1ccnc(Br)c1. The van der Waals surface area contributed by atoms with Crippen LogP contribution in [0, 0.1) is 0 Å². The van der Waals surface area contributed by atoms with Gasteiger partial charge >= 0.3 is 0 Å². The topological polar surface area (TPSA) is 59.1 Å². The normalized spacial score (nSPS) is 24.3. The van der Waals surface area contributed by atoms with Gasteiger partial charge in [-0.05, 0) is 40.9 Å². The Labute approximate surface area is 111 Å². The van der Waals surface area contributed by atoms with Crippen molar-refractivity contribution >= 4 is 32.6 Å². The summed E-state index contributed by atoms with van der Waals surface area (Å²) in [5, 5.41) is 2.96. The number of carbonyl (C=O) groups is 1. The van der Waals surface area contributed by atoms with Crippen LogP contribution in [0.2, 0.25) is 0 Å². The lowest BCUT2D eigenvalue weighted by Crippen LogP contribution is -2.39. The Morgan fingerprint density at radius 1 is 1.47 bits per heavy atom. The van der Waals surface area contributed by atoms with E-state index in [0.29, 0.717) is 21.7 Å². The van der Waals surface area contributed by atoms with Crippen LogP contribution < -0.4 is 5.32 Å². The highest BCUT2D eigenvalue weighted by Crippen LogP contribution is 2.12. The number of hydrogen-bond donors (Lipinski definition) is 1. The number of halogens is 1. The monoisotopic (exact) mass is 316 g/mol. The number of pyridine rings is 1. The Morgan fingerprint density at radius 3 is 2.82 bits per heavy atom. The highest BCUT2D eigenvalue weighted by molar-refractivity contribution is 9.10. The summed E-state index contributed by atoms with van der Waals surface area (Å²) in [4.78, 5) is 15.9. The molecule has 1 N–H and O–H groups in total. The first kappa shape index (κ1) is 12.7. The molecule has 0 aromatic carbocycles. The first-order valence-corrected chi connectivity index (χ1v) is 7.70. The number of hydrogen-bond acceptors (Lipinski definition) is 3. The second-order valence-corrected chi connectivity index (χ2v) is 6.47. The molecule has 1 fully saturated rings. The Morgan fingerprint density at radius 2 is 2.18 bits per heavy atom. The molecular weight excluding hydrogens is 304 g/mol. The number of amides is 1. The van der Waals surface area contributed by atoms with Crippen LogP contribution in [-0.2, 0) is 10.8 Å². The molecule has 1 aromatic heterocycles. The number of carbonyl (C=O) groups excluding carboxylic acids is 1. The van der Waals surface area contributed by atoms with Crippen LogP contribution >= 0.6 is 15.9 Å². The van der Waals surface area contributed by atoms with E-state index in [1.165, 1.54) is 0 Å². The predicted molar refractivity (Wildman–Crippen MR) is 70.3 cm³/mol. The maximum atomic E-state index is 11.9. The van der Waals surface area contributed by atoms with Gasteiger partial charge in [0.25, 0.3) is 5.91 Å². The first-order valence-electron chi connectivity index (χ1n) is 5.42. The van der Waals surface area contributed by atoms with E-state index in [0.717, 1.165) is 12.8 Å². The van der Waals surface area contributed by atoms with E-state index in [1.54, 1.807) is 18.3 Å². The Kier molecular flexibility index (Phi) is 4.28. The van der Waals surface area contributed by atoms with Gasteiger partial charge in [-0.15, -0.1) is 0 Å². The zero-order chi connectivity index (χ0) is 12.3. The molecule has 0 unspecified atom stereocenters. The van der Waals surface area contributed by atoms with E-state index in [9.17, 15) is 9.00 Å². The van der Waals surface area contributed by atoms with Crippen LogP contribution in [0.15, 0.2) is 22.9 Å². The molecule has 1 aromatic rings. The summed E-state index contributed by atoms with van der Waals surface area (Å²) in [6.07, 6.45) is 3.18. The van der Waals surface area contributed by atoms with Gasteiger partial charge in [-0.2, -0.15) is 0 Å². The van der Waals surface area contributed by atoms with Crippen LogP contribution in [0.5, 0.6) is 0 Å². The third-order valence-electron chi connectivity index (χ3n) is 2.71. The van der Waals surface area contributed by atoms with Gasteiger partial charge in [0.1, 0.15) is 4.60 Å². The molecule has 0 spiro atoms. The second-order valence-electron chi connectivity index (χ2n) is 3.96. The summed E-state index contributed by atoms with van der Waals surface area (Å²) in [7, 11) is -0.693. The van der Waals surface area contributed by atoms with Gasteiger partial charge in [0.2, 0.25) is 0 Å². The van der Waals surface area contributed by atoms with Crippen LogP contribution in [0.4, 0.5) is 0 Å². The van der Waals surface area contributed by atoms with Crippen molar-refractivity contribution in [2.24, 2.45) is 0 Å². The standard InChI is InChI=1S/C11H13BrN2O2S/c12-10-7-8(1-4-13-10)11(15)14-9-2-5-17(16)6-3-9/h1,4,7,9H,2-3,5-6H2,(H,14,15). The maximum absolute atomic E-state index is 11.9. The van der Waals surface area contributed by atoms with Crippen molar-refractivity contribution in [2.45, 2.75) is 18.9 Å². The van der Waals surface area contributed by atoms with Gasteiger partial charge in [-0.3, -0.25) is 9.00 Å². The molecule has 0 bridgehead atoms. The van der Waals surface area contributed by atoms with Gasteiger partial charge in [0.15, 0.2) is 0 Å². The third kappa shape index (κ3) is 3.61. The summed E-state index contributed by atoms with van der Waals surface area (Å²) in [6.45, 7) is 0. The summed E-state index contributed by atoms with van der Waals surface area (Å²) >= 11 is 3.23. The average Bonchev–Trinajstić information content (AvgIpc) is 2.32. The van der Waals surface area contributed by atoms with Gasteiger partial charge in [0.05, 0.1) is 0 Å². The summed E-state index contributed by atoms with van der Waals surface area (Å²) in [6, 6.07) is 3.52. The molecule has 0 aliphatic carbocycles. The van der Waals surface area contributed by atoms with Gasteiger partial charge in [0, 0.05) is 40.1 Å². The summed E-state index contributed by atoms with van der Waals surface area (Å²) in [5.74, 6) is 1.28. The average molecular weight is 317 g/mol. The molecule has 1 aliphatic heterocycles. The van der Waals surface area contributed by atoms with Crippen molar-refractivity contribution in [1.29, 1.82) is 0 Å². The fourth-order valence-electron chi connectivity index (χ4n) is 1.75. The highest BCUT2D eigenvalue weighted by atomic mass is 79.9. The summed E-state index contributed by atoms with van der Waals surface area (Å²) < 4.78 is 11.8. The third-order valence-corrected chi connectivity index (χ3v) is 4.53. The molecule has 1 saturated heterocycles. The van der Waals surface area contributed by atoms with E-state index < -0.39 is 10.8 Å². The van der Waals surface area contributed by atoms with Crippen molar-refractivity contribution in [1.82, 2.24) is 10.3 Å². The molecule has 92 valence electrons. The fourth-order valence-corrected chi connectivity index (χ4v) is 3.41. The lowest BCUT2D eigenvalue weighted by Gasteiger charge is -2.22. The van der Waals surface area contributed by atoms with E-state index in [-0.39, 0.29) is 11.9 Å². The molecule has 1 aliphatic rings. The van der Waals surface area contributed by atoms with Crippen molar-refractivity contribution in [2.75, 3.05) is 11.5 Å². The zero-order valence-corrected chi connectivity index (χ0v) is 11.6. The van der Waals surface area contributed by atoms with Crippen molar-refractivity contribution in [3.63, 3.8) is 0 Å². The molecule has 2 heterocycles. The van der Waals surface area contributed by atoms with Crippen molar-refractivity contribution in [3.05, 3.63) is 28.5 Å². The lowest BCUT2D eigenvalue weighted by atomic mass is 10.1. The Bertz CT molecular complexity index is 443. The van der Waals surface area contributed by atoms with Gasteiger partial charge in [-0.25, -0.2) is 4.98 Å². The van der Waals surface area contributed by atoms with E-state index in [4.69, 9.17) is 0 Å². The van der Waals surface area contributed by atoms with E-state index in [1.807, 2.05) is 0 Å². The van der Waals surface area contributed by atoms with Gasteiger partial charge in [-0.1, -0.05) is 0 Å². The molecule has 4 nitrogen and oxygen atoms in total. The van der Waals surface area contributed by atoms with Crippen LogP contribution in [0.1, 0.15) is 23.2 Å².